The highest BCUT2D eigenvalue weighted by molar-refractivity contribution is 5.96. The number of ketones is 1. The molecule has 5 nitrogen and oxygen atoms in total. The third-order valence-corrected chi connectivity index (χ3v) is 8.61. The van der Waals surface area contributed by atoms with E-state index >= 15 is 0 Å². The van der Waals surface area contributed by atoms with E-state index in [-0.39, 0.29) is 19.9 Å². The second-order valence-electron chi connectivity index (χ2n) is 11.2. The van der Waals surface area contributed by atoms with Crippen molar-refractivity contribution < 1.29 is 20.5 Å². The van der Waals surface area contributed by atoms with E-state index in [0.29, 0.717) is 17.9 Å². The second kappa shape index (κ2) is 10.3. The molecule has 0 radical (unpaired) electrons. The number of hydrogen-bond acceptors (Lipinski definition) is 4. The molecule has 0 saturated heterocycles. The van der Waals surface area contributed by atoms with Gasteiger partial charge in [-0.25, -0.2) is 0 Å². The maximum Gasteiger partial charge on any atom is 0.251 e. The normalized spacial score (nSPS) is 17.7. The molecule has 0 atom stereocenters. The molecule has 0 aromatic heterocycles. The van der Waals surface area contributed by atoms with Gasteiger partial charge < -0.3 is 14.8 Å². The van der Waals surface area contributed by atoms with Gasteiger partial charge in [-0.3, -0.25) is 9.59 Å². The van der Waals surface area contributed by atoms with Crippen LogP contribution >= 0.6 is 0 Å². The predicted octanol–water partition coefficient (Wildman–Crippen LogP) is 6.79. The van der Waals surface area contributed by atoms with Gasteiger partial charge in [0.1, 0.15) is 5.78 Å². The van der Waals surface area contributed by atoms with Crippen LogP contribution in [0.2, 0.25) is 0 Å². The molecule has 3 aliphatic rings. The van der Waals surface area contributed by atoms with Gasteiger partial charge in [0.15, 0.2) is 11.5 Å². The monoisotopic (exact) mass is 511 g/mol. The van der Waals surface area contributed by atoms with Gasteiger partial charge in [0.05, 0.1) is 5.41 Å². The molecule has 0 spiro atoms. The van der Waals surface area contributed by atoms with E-state index < -0.39 is 5.41 Å². The van der Waals surface area contributed by atoms with Gasteiger partial charge in [0.25, 0.3) is 5.91 Å². The topological polar surface area (TPSA) is 64.6 Å². The smallest absolute Gasteiger partial charge is 0.251 e. The molecule has 3 aromatic carbocycles. The molecule has 0 unspecified atom stereocenters. The average Bonchev–Trinajstić information content (AvgIpc) is 3.64. The van der Waals surface area contributed by atoms with Crippen molar-refractivity contribution in [1.29, 1.82) is 0 Å². The summed E-state index contributed by atoms with van der Waals surface area (Å²) < 4.78 is 11.0. The van der Waals surface area contributed by atoms with Crippen LogP contribution in [0, 0.1) is 12.8 Å². The third kappa shape index (κ3) is 4.94. The van der Waals surface area contributed by atoms with Crippen LogP contribution < -0.4 is 14.8 Å². The Morgan fingerprint density at radius 2 is 1.68 bits per heavy atom. The Labute approximate surface area is 226 Å². The Kier molecular flexibility index (Phi) is 6.69. The molecule has 1 N–H and O–H groups in total. The summed E-state index contributed by atoms with van der Waals surface area (Å²) in [7, 11) is 0. The van der Waals surface area contributed by atoms with Crippen molar-refractivity contribution in [3.8, 4) is 22.6 Å². The fraction of sp³-hybridized carbons (Fsp3) is 0.394. The summed E-state index contributed by atoms with van der Waals surface area (Å²) in [5.41, 5.74) is 5.60. The minimum atomic E-state index is -0.418. The van der Waals surface area contributed by atoms with Crippen molar-refractivity contribution in [3.63, 3.8) is 0 Å². The number of aryl methyl sites for hydroxylation is 1. The van der Waals surface area contributed by atoms with Crippen LogP contribution in [0.15, 0.2) is 60.7 Å². The number of hydrogen-bond donors (Lipinski definition) is 1. The molecule has 2 fully saturated rings. The first-order valence-corrected chi connectivity index (χ1v) is 13.9. The van der Waals surface area contributed by atoms with Crippen molar-refractivity contribution in [3.05, 3.63) is 82.9 Å². The second-order valence-corrected chi connectivity index (χ2v) is 11.2. The zero-order chi connectivity index (χ0) is 26.1. The van der Waals surface area contributed by atoms with Gasteiger partial charge in [0, 0.05) is 20.0 Å². The summed E-state index contributed by atoms with van der Waals surface area (Å²) in [5.74, 6) is 2.32. The van der Waals surface area contributed by atoms with Gasteiger partial charge in [-0.2, -0.15) is 0 Å². The lowest BCUT2D eigenvalue weighted by atomic mass is 9.87. The van der Waals surface area contributed by atoms with Gasteiger partial charge in [0.2, 0.25) is 6.79 Å². The lowest BCUT2D eigenvalue weighted by Gasteiger charge is -2.21. The van der Waals surface area contributed by atoms with Crippen LogP contribution in [0.4, 0.5) is 0 Å². The van der Waals surface area contributed by atoms with Crippen molar-refractivity contribution in [2.45, 2.75) is 63.7 Å². The van der Waals surface area contributed by atoms with Crippen molar-refractivity contribution in [2.75, 3.05) is 13.3 Å². The summed E-state index contributed by atoms with van der Waals surface area (Å²) in [6.45, 7) is 3.09. The predicted molar refractivity (Wildman–Crippen MR) is 150 cm³/mol. The van der Waals surface area contributed by atoms with Gasteiger partial charge in [-0.15, -0.1) is 0 Å². The molecule has 5 heteroatoms. The Hall–Kier alpha value is -3.60. The van der Waals surface area contributed by atoms with Gasteiger partial charge >= 0.3 is 0 Å². The van der Waals surface area contributed by atoms with E-state index in [1.54, 1.807) is 0 Å². The summed E-state index contributed by atoms with van der Waals surface area (Å²) in [4.78, 5) is 26.2. The van der Waals surface area contributed by atoms with Crippen molar-refractivity contribution >= 4 is 11.7 Å². The molecule has 1 aliphatic heterocycles. The number of ether oxygens (including phenoxy) is 2. The van der Waals surface area contributed by atoms with Crippen LogP contribution in [0.1, 0.15) is 73.4 Å². The standard InChI is InChI=1S/C33H35NO4.H2/c1-22-7-8-24(18-31(35)33(15-16-33)27-13-14-29-30(19-27)38-21-37-29)17-28(22)25-9-11-26(12-10-25)32(36)34-20-23-5-3-2-4-6-23;/h7-14,17,19,23H,2-6,15-16,18,20-21H2,1H3,(H,34,36);1H. The van der Waals surface area contributed by atoms with E-state index in [4.69, 9.17) is 9.47 Å². The quantitative estimate of drug-likeness (QED) is 0.362. The molecule has 6 rings (SSSR count). The van der Waals surface area contributed by atoms with Gasteiger partial charge in [-0.05, 0) is 90.6 Å². The highest BCUT2D eigenvalue weighted by atomic mass is 16.7. The zero-order valence-electron chi connectivity index (χ0n) is 22.1. The lowest BCUT2D eigenvalue weighted by Crippen LogP contribution is -2.30. The van der Waals surface area contributed by atoms with Gasteiger partial charge in [-0.1, -0.05) is 55.7 Å². The number of fused-ring (bicyclic) bond motifs is 1. The van der Waals surface area contributed by atoms with E-state index in [9.17, 15) is 9.59 Å². The summed E-state index contributed by atoms with van der Waals surface area (Å²) in [6, 6.07) is 20.0. The maximum atomic E-state index is 13.5. The molecular weight excluding hydrogens is 474 g/mol. The fourth-order valence-electron chi connectivity index (χ4n) is 6.02. The number of nitrogens with one attached hydrogen (secondary N) is 1. The van der Waals surface area contributed by atoms with Crippen LogP contribution in [0.5, 0.6) is 11.5 Å². The molecule has 198 valence electrons. The Morgan fingerprint density at radius 1 is 0.921 bits per heavy atom. The Morgan fingerprint density at radius 3 is 2.45 bits per heavy atom. The fourth-order valence-corrected chi connectivity index (χ4v) is 6.02. The largest absolute Gasteiger partial charge is 0.454 e. The van der Waals surface area contributed by atoms with E-state index in [2.05, 4.69) is 30.4 Å². The number of Topliss-reactive ketones (excluding diaryl/α,β-unsaturated/α-hetero) is 1. The number of benzene rings is 3. The highest BCUT2D eigenvalue weighted by Gasteiger charge is 2.50. The lowest BCUT2D eigenvalue weighted by molar-refractivity contribution is -0.120. The van der Waals surface area contributed by atoms with E-state index in [1.165, 1.54) is 32.1 Å². The van der Waals surface area contributed by atoms with Crippen LogP contribution in [-0.2, 0) is 16.6 Å². The van der Waals surface area contributed by atoms with E-state index in [1.807, 2.05) is 42.5 Å². The van der Waals surface area contributed by atoms with Crippen LogP contribution in [0.3, 0.4) is 0 Å². The first-order chi connectivity index (χ1) is 18.5. The number of carbonyl (C=O) groups is 2. The Bertz CT molecular complexity index is 1360. The molecule has 38 heavy (non-hydrogen) atoms. The summed E-state index contributed by atoms with van der Waals surface area (Å²) in [6.07, 6.45) is 8.44. The van der Waals surface area contributed by atoms with Crippen LogP contribution in [-0.4, -0.2) is 25.0 Å². The summed E-state index contributed by atoms with van der Waals surface area (Å²) in [5, 5.41) is 3.13. The van der Waals surface area contributed by atoms with Crippen molar-refractivity contribution in [2.24, 2.45) is 5.92 Å². The van der Waals surface area contributed by atoms with E-state index in [0.717, 1.165) is 58.7 Å². The number of carbonyl (C=O) groups excluding carboxylic acids is 2. The molecule has 1 amide bonds. The van der Waals surface area contributed by atoms with Crippen LogP contribution in [0.25, 0.3) is 11.1 Å². The van der Waals surface area contributed by atoms with Crippen molar-refractivity contribution in [1.82, 2.24) is 5.32 Å². The summed E-state index contributed by atoms with van der Waals surface area (Å²) >= 11 is 0. The minimum absolute atomic E-state index is 0. The zero-order valence-corrected chi connectivity index (χ0v) is 22.1. The molecule has 2 aliphatic carbocycles. The SMILES string of the molecule is Cc1ccc(CC(=O)C2(c3ccc4c(c3)OCO4)CC2)cc1-c1ccc(C(=O)NCC2CCCCC2)cc1.[HH]. The third-order valence-electron chi connectivity index (χ3n) is 8.61. The number of rotatable bonds is 8. The molecule has 2 saturated carbocycles. The highest BCUT2D eigenvalue weighted by Crippen LogP contribution is 2.51. The molecule has 1 heterocycles. The first-order valence-electron chi connectivity index (χ1n) is 13.9. The average molecular weight is 512 g/mol. The molecule has 0 bridgehead atoms. The maximum absolute atomic E-state index is 13.5. The first kappa shape index (κ1) is 24.7. The molecular formula is C33H37NO4. The Balaban J connectivity index is 0.00000308. The molecule has 3 aromatic rings. The minimum Gasteiger partial charge on any atom is -0.454 e. The number of amides is 1.